The third-order valence-corrected chi connectivity index (χ3v) is 7.19. The van der Waals surface area contributed by atoms with E-state index in [0.717, 1.165) is 22.0 Å². The lowest BCUT2D eigenvalue weighted by Crippen LogP contribution is -2.29. The predicted molar refractivity (Wildman–Crippen MR) is 134 cm³/mol. The van der Waals surface area contributed by atoms with E-state index < -0.39 is 0 Å². The van der Waals surface area contributed by atoms with Crippen LogP contribution in [-0.4, -0.2) is 27.2 Å². The first-order valence-electron chi connectivity index (χ1n) is 10.8. The lowest BCUT2D eigenvalue weighted by Gasteiger charge is -2.16. The van der Waals surface area contributed by atoms with Crippen LogP contribution in [0.3, 0.4) is 0 Å². The number of para-hydroxylation sites is 1. The number of benzene rings is 2. The Bertz CT molecular complexity index is 1390. The number of halogens is 1. The van der Waals surface area contributed by atoms with Gasteiger partial charge in [0.15, 0.2) is 0 Å². The third-order valence-electron chi connectivity index (χ3n) is 5.82. The summed E-state index contributed by atoms with van der Waals surface area (Å²) in [6.45, 7) is 2.79. The van der Waals surface area contributed by atoms with Gasteiger partial charge in [0.05, 0.1) is 17.8 Å². The number of aromatic amines is 1. The molecule has 0 saturated carbocycles. The number of nitrogens with zero attached hydrogens (tertiary/aromatic N) is 2. The Morgan fingerprint density at radius 1 is 1.12 bits per heavy atom. The van der Waals surface area contributed by atoms with Crippen molar-refractivity contribution in [3.8, 4) is 0 Å². The number of nitrogens with one attached hydrogen (secondary N) is 2. The second kappa shape index (κ2) is 9.25. The Labute approximate surface area is 201 Å². The Morgan fingerprint density at radius 2 is 1.91 bits per heavy atom. The first kappa shape index (κ1) is 21.5. The van der Waals surface area contributed by atoms with Gasteiger partial charge < -0.3 is 10.3 Å². The van der Waals surface area contributed by atoms with Crippen molar-refractivity contribution in [3.63, 3.8) is 0 Å². The minimum absolute atomic E-state index is 0.0311. The maximum absolute atomic E-state index is 13.2. The summed E-state index contributed by atoms with van der Waals surface area (Å²) in [5, 5.41) is 11.2. The number of hydrogen-bond acceptors (Lipinski definition) is 3. The number of amides is 1. The van der Waals surface area contributed by atoms with E-state index >= 15 is 0 Å². The lowest BCUT2D eigenvalue weighted by molar-refractivity contribution is 0.0952. The monoisotopic (exact) mass is 474 g/mol. The van der Waals surface area contributed by atoms with E-state index in [9.17, 15) is 4.79 Å². The highest BCUT2D eigenvalue weighted by molar-refractivity contribution is 7.10. The van der Waals surface area contributed by atoms with E-state index in [-0.39, 0.29) is 11.8 Å². The number of fused-ring (bicyclic) bond motifs is 1. The molecule has 1 amide bonds. The zero-order chi connectivity index (χ0) is 22.8. The summed E-state index contributed by atoms with van der Waals surface area (Å²) >= 11 is 8.29. The maximum atomic E-state index is 13.2. The molecule has 166 valence electrons. The van der Waals surface area contributed by atoms with Crippen LogP contribution >= 0.6 is 22.9 Å². The zero-order valence-electron chi connectivity index (χ0n) is 18.1. The van der Waals surface area contributed by atoms with Crippen LogP contribution in [0.15, 0.2) is 78.3 Å². The summed E-state index contributed by atoms with van der Waals surface area (Å²) in [5.74, 6) is -0.179. The van der Waals surface area contributed by atoms with Crippen molar-refractivity contribution >= 4 is 39.7 Å². The van der Waals surface area contributed by atoms with Crippen LogP contribution in [0.1, 0.15) is 38.0 Å². The number of aryl methyl sites for hydroxylation is 1. The van der Waals surface area contributed by atoms with Gasteiger partial charge >= 0.3 is 0 Å². The summed E-state index contributed by atoms with van der Waals surface area (Å²) in [6.07, 6.45) is 2.04. The molecule has 7 heteroatoms. The number of carbonyl (C=O) groups is 1. The second-order valence-electron chi connectivity index (χ2n) is 7.96. The van der Waals surface area contributed by atoms with Gasteiger partial charge in [-0.3, -0.25) is 4.79 Å². The van der Waals surface area contributed by atoms with Gasteiger partial charge in [-0.05, 0) is 35.6 Å². The van der Waals surface area contributed by atoms with Crippen LogP contribution in [0.4, 0.5) is 0 Å². The fourth-order valence-corrected chi connectivity index (χ4v) is 5.36. The molecule has 0 aliphatic heterocycles. The van der Waals surface area contributed by atoms with Crippen molar-refractivity contribution in [3.05, 3.63) is 111 Å². The molecule has 1 atom stereocenters. The van der Waals surface area contributed by atoms with Gasteiger partial charge in [0, 0.05) is 34.4 Å². The smallest absolute Gasteiger partial charge is 0.256 e. The summed E-state index contributed by atoms with van der Waals surface area (Å²) < 4.78 is 1.68. The van der Waals surface area contributed by atoms with E-state index in [0.29, 0.717) is 29.5 Å². The number of thiophene rings is 1. The third kappa shape index (κ3) is 4.32. The van der Waals surface area contributed by atoms with Crippen LogP contribution < -0.4 is 5.32 Å². The summed E-state index contributed by atoms with van der Waals surface area (Å²) in [6, 6.07) is 22.3. The Hall–Kier alpha value is -3.35. The molecular formula is C26H23ClN4OS. The average Bonchev–Trinajstić information content (AvgIpc) is 3.56. The first-order valence-corrected chi connectivity index (χ1v) is 12.0. The molecule has 0 spiro atoms. The van der Waals surface area contributed by atoms with E-state index in [1.165, 1.54) is 4.88 Å². The highest BCUT2D eigenvalue weighted by Crippen LogP contribution is 2.33. The molecule has 5 aromatic rings. The molecule has 0 bridgehead atoms. The molecule has 5 rings (SSSR count). The van der Waals surface area contributed by atoms with Crippen molar-refractivity contribution < 1.29 is 4.79 Å². The summed E-state index contributed by atoms with van der Waals surface area (Å²) in [5.41, 5.74) is 4.37. The molecular weight excluding hydrogens is 452 g/mol. The molecule has 2 N–H and O–H groups in total. The topological polar surface area (TPSA) is 62.7 Å². The van der Waals surface area contributed by atoms with Crippen LogP contribution in [0.5, 0.6) is 0 Å². The molecule has 0 fully saturated rings. The highest BCUT2D eigenvalue weighted by atomic mass is 35.5. The Balaban J connectivity index is 1.39. The number of hydrogen-bond donors (Lipinski definition) is 2. The molecule has 3 aromatic heterocycles. The van der Waals surface area contributed by atoms with Gasteiger partial charge in [0.25, 0.3) is 5.91 Å². The second-order valence-corrected chi connectivity index (χ2v) is 9.30. The van der Waals surface area contributed by atoms with Crippen molar-refractivity contribution in [2.75, 3.05) is 6.54 Å². The molecule has 2 aromatic carbocycles. The van der Waals surface area contributed by atoms with Crippen LogP contribution in [0.25, 0.3) is 10.9 Å². The predicted octanol–water partition coefficient (Wildman–Crippen LogP) is 6.00. The van der Waals surface area contributed by atoms with Crippen molar-refractivity contribution in [1.29, 1.82) is 0 Å². The minimum Gasteiger partial charge on any atom is -0.361 e. The largest absolute Gasteiger partial charge is 0.361 e. The number of carbonyl (C=O) groups excluding carboxylic acids is 1. The average molecular weight is 475 g/mol. The van der Waals surface area contributed by atoms with E-state index in [4.69, 9.17) is 11.6 Å². The lowest BCUT2D eigenvalue weighted by atomic mass is 9.96. The summed E-state index contributed by atoms with van der Waals surface area (Å²) in [4.78, 5) is 17.8. The van der Waals surface area contributed by atoms with Gasteiger partial charge in [0.1, 0.15) is 5.15 Å². The quantitative estimate of drug-likeness (QED) is 0.304. The van der Waals surface area contributed by atoms with Crippen molar-refractivity contribution in [2.24, 2.45) is 0 Å². The SMILES string of the molecule is Cc1nn(Cc2ccccc2)c(Cl)c1C(=O)NCC(c1cccs1)c1c[nH]c2ccccc12. The van der Waals surface area contributed by atoms with E-state index in [1.54, 1.807) is 16.0 Å². The van der Waals surface area contributed by atoms with Crippen LogP contribution in [0.2, 0.25) is 5.15 Å². The van der Waals surface area contributed by atoms with Gasteiger partial charge in [-0.1, -0.05) is 66.2 Å². The van der Waals surface area contributed by atoms with Gasteiger partial charge in [0.2, 0.25) is 0 Å². The molecule has 1 unspecified atom stereocenters. The number of aromatic nitrogens is 3. The number of H-pyrrole nitrogens is 1. The molecule has 0 saturated heterocycles. The Kier molecular flexibility index (Phi) is 6.03. The van der Waals surface area contributed by atoms with Crippen molar-refractivity contribution in [1.82, 2.24) is 20.1 Å². The van der Waals surface area contributed by atoms with Gasteiger partial charge in [-0.25, -0.2) is 4.68 Å². The fourth-order valence-electron chi connectivity index (χ4n) is 4.19. The summed E-state index contributed by atoms with van der Waals surface area (Å²) in [7, 11) is 0. The minimum atomic E-state index is -0.210. The molecule has 0 aliphatic carbocycles. The molecule has 5 nitrogen and oxygen atoms in total. The van der Waals surface area contributed by atoms with Gasteiger partial charge in [-0.15, -0.1) is 11.3 Å². The molecule has 33 heavy (non-hydrogen) atoms. The fraction of sp³-hybridized carbons (Fsp3) is 0.154. The first-order chi connectivity index (χ1) is 16.1. The normalized spacial score (nSPS) is 12.2. The van der Waals surface area contributed by atoms with Crippen LogP contribution in [0, 0.1) is 6.92 Å². The highest BCUT2D eigenvalue weighted by Gasteiger charge is 2.24. The van der Waals surface area contributed by atoms with Gasteiger partial charge in [-0.2, -0.15) is 5.10 Å². The van der Waals surface area contributed by atoms with E-state index in [2.05, 4.69) is 39.0 Å². The van der Waals surface area contributed by atoms with Crippen LogP contribution in [-0.2, 0) is 6.54 Å². The van der Waals surface area contributed by atoms with Crippen molar-refractivity contribution in [2.45, 2.75) is 19.4 Å². The number of rotatable bonds is 7. The maximum Gasteiger partial charge on any atom is 0.256 e. The standard InChI is InChI=1S/C26H23ClN4OS/c1-17-24(25(27)31(30-17)16-18-8-3-2-4-9-18)26(32)29-15-21(23-12-7-13-33-23)20-14-28-22-11-6-5-10-19(20)22/h2-14,21,28H,15-16H2,1H3,(H,29,32). The molecule has 3 heterocycles. The Morgan fingerprint density at radius 3 is 2.70 bits per heavy atom. The van der Waals surface area contributed by atoms with E-state index in [1.807, 2.05) is 61.7 Å². The zero-order valence-corrected chi connectivity index (χ0v) is 19.7. The molecule has 0 aliphatic rings. The molecule has 0 radical (unpaired) electrons.